The van der Waals surface area contributed by atoms with Gasteiger partial charge >= 0.3 is 0 Å². The highest BCUT2D eigenvalue weighted by atomic mass is 16.5. The minimum absolute atomic E-state index is 0.250. The third-order valence-electron chi connectivity index (χ3n) is 2.99. The van der Waals surface area contributed by atoms with Gasteiger partial charge in [0.2, 0.25) is 0 Å². The van der Waals surface area contributed by atoms with Gasteiger partial charge in [-0.25, -0.2) is 9.97 Å². The lowest BCUT2D eigenvalue weighted by Gasteiger charge is -2.13. The minimum atomic E-state index is -0.250. The number of rotatable bonds is 5. The van der Waals surface area contributed by atoms with Crippen molar-refractivity contribution in [3.8, 4) is 11.5 Å². The Morgan fingerprint density at radius 1 is 1.33 bits per heavy atom. The molecule has 0 radical (unpaired) electrons. The van der Waals surface area contributed by atoms with Gasteiger partial charge in [-0.1, -0.05) is 0 Å². The van der Waals surface area contributed by atoms with Crippen LogP contribution < -0.4 is 14.8 Å². The van der Waals surface area contributed by atoms with E-state index >= 15 is 0 Å². The summed E-state index contributed by atoms with van der Waals surface area (Å²) < 4.78 is 10.9. The second-order valence-corrected chi connectivity index (χ2v) is 4.41. The molecule has 3 aromatic rings. The van der Waals surface area contributed by atoms with Gasteiger partial charge in [-0.3, -0.25) is 9.89 Å². The molecule has 0 atom stereocenters. The van der Waals surface area contributed by atoms with Gasteiger partial charge in [-0.05, 0) is 13.0 Å². The Morgan fingerprint density at radius 2 is 2.12 bits per heavy atom. The second kappa shape index (κ2) is 8.32. The molecule has 126 valence electrons. The first-order valence-corrected chi connectivity index (χ1v) is 7.02. The molecular weight excluding hydrogens is 314 g/mol. The molecule has 2 aromatic heterocycles. The number of hydrogen-bond donors (Lipinski definition) is 3. The van der Waals surface area contributed by atoms with Gasteiger partial charge in [0.25, 0.3) is 6.47 Å². The molecule has 0 unspecified atom stereocenters. The normalized spacial score (nSPS) is 9.75. The van der Waals surface area contributed by atoms with Crippen LogP contribution in [0, 0.1) is 0 Å². The highest BCUT2D eigenvalue weighted by molar-refractivity contribution is 5.86. The minimum Gasteiger partial charge on any atom is -0.494 e. The highest BCUT2D eigenvalue weighted by Gasteiger charge is 2.11. The second-order valence-electron chi connectivity index (χ2n) is 4.41. The first-order valence-electron chi connectivity index (χ1n) is 7.02. The molecule has 0 saturated carbocycles. The van der Waals surface area contributed by atoms with Crippen LogP contribution in [0.2, 0.25) is 0 Å². The zero-order chi connectivity index (χ0) is 17.4. The van der Waals surface area contributed by atoms with Crippen molar-refractivity contribution in [2.75, 3.05) is 19.0 Å². The molecule has 0 amide bonds. The molecule has 0 spiro atoms. The molecule has 0 aliphatic heterocycles. The van der Waals surface area contributed by atoms with E-state index in [1.54, 1.807) is 19.5 Å². The van der Waals surface area contributed by atoms with Gasteiger partial charge in [0.15, 0.2) is 11.6 Å². The maximum Gasteiger partial charge on any atom is 0.290 e. The number of anilines is 2. The van der Waals surface area contributed by atoms with Crippen molar-refractivity contribution in [3.63, 3.8) is 0 Å². The predicted octanol–water partition coefficient (Wildman–Crippen LogP) is 2.20. The molecule has 9 nitrogen and oxygen atoms in total. The summed E-state index contributed by atoms with van der Waals surface area (Å²) in [6, 6.07) is 3.82. The SMILES string of the molecule is CCOc1cncnc1Nc1cc2cn[nH]c2cc1OC.O=CO. The molecule has 1 aromatic carbocycles. The number of hydrogen-bond acceptors (Lipinski definition) is 7. The smallest absolute Gasteiger partial charge is 0.290 e. The molecule has 0 fully saturated rings. The van der Waals surface area contributed by atoms with Crippen LogP contribution in [0.5, 0.6) is 11.5 Å². The first-order chi connectivity index (χ1) is 11.7. The van der Waals surface area contributed by atoms with E-state index < -0.39 is 0 Å². The number of methoxy groups -OCH3 is 1. The Balaban J connectivity index is 0.000000647. The summed E-state index contributed by atoms with van der Waals surface area (Å²) in [5.41, 5.74) is 1.69. The van der Waals surface area contributed by atoms with E-state index in [2.05, 4.69) is 25.5 Å². The zero-order valence-corrected chi connectivity index (χ0v) is 13.2. The van der Waals surface area contributed by atoms with Crippen molar-refractivity contribution in [3.05, 3.63) is 30.9 Å². The van der Waals surface area contributed by atoms with Crippen LogP contribution in [0.15, 0.2) is 30.9 Å². The fourth-order valence-corrected chi connectivity index (χ4v) is 2.04. The van der Waals surface area contributed by atoms with E-state index in [0.29, 0.717) is 23.9 Å². The number of nitrogens with zero attached hydrogens (tertiary/aromatic N) is 3. The van der Waals surface area contributed by atoms with Gasteiger partial charge < -0.3 is 19.9 Å². The van der Waals surface area contributed by atoms with Crippen LogP contribution in [-0.2, 0) is 4.79 Å². The monoisotopic (exact) mass is 331 g/mol. The van der Waals surface area contributed by atoms with E-state index in [4.69, 9.17) is 19.4 Å². The van der Waals surface area contributed by atoms with Gasteiger partial charge in [0.05, 0.1) is 37.3 Å². The molecular formula is C15H17N5O4. The van der Waals surface area contributed by atoms with Gasteiger partial charge in [-0.2, -0.15) is 5.10 Å². The Hall–Kier alpha value is -3.36. The summed E-state index contributed by atoms with van der Waals surface area (Å²) >= 11 is 0. The molecule has 24 heavy (non-hydrogen) atoms. The van der Waals surface area contributed by atoms with Crippen molar-refractivity contribution < 1.29 is 19.4 Å². The Bertz CT molecular complexity index is 805. The number of aromatic nitrogens is 4. The number of benzene rings is 1. The van der Waals surface area contributed by atoms with E-state index in [1.165, 1.54) is 6.33 Å². The summed E-state index contributed by atoms with van der Waals surface area (Å²) in [5, 5.41) is 18.0. The number of aromatic amines is 1. The van der Waals surface area contributed by atoms with Crippen molar-refractivity contribution in [2.45, 2.75) is 6.92 Å². The zero-order valence-electron chi connectivity index (χ0n) is 13.2. The number of nitrogens with one attached hydrogen (secondary N) is 2. The third kappa shape index (κ3) is 3.88. The number of carboxylic acid groups (broad SMARTS) is 1. The molecule has 3 rings (SSSR count). The largest absolute Gasteiger partial charge is 0.494 e. The molecule has 0 aliphatic carbocycles. The van der Waals surface area contributed by atoms with Crippen LogP contribution >= 0.6 is 0 Å². The first kappa shape index (κ1) is 17.0. The fraction of sp³-hybridized carbons (Fsp3) is 0.200. The van der Waals surface area contributed by atoms with Gasteiger partial charge in [-0.15, -0.1) is 0 Å². The maximum absolute atomic E-state index is 8.36. The van der Waals surface area contributed by atoms with Crippen LogP contribution in [0.3, 0.4) is 0 Å². The average molecular weight is 331 g/mol. The number of H-pyrrole nitrogens is 1. The summed E-state index contributed by atoms with van der Waals surface area (Å²) in [6.07, 6.45) is 4.85. The topological polar surface area (TPSA) is 122 Å². The molecule has 0 saturated heterocycles. The molecule has 0 aliphatic rings. The standard InChI is InChI=1S/C14H15N5O2.CH2O2/c1-3-21-13-7-15-8-16-14(13)18-11-4-9-6-17-19-10(9)5-12(11)20-2;2-1-3/h4-8H,3H2,1-2H3,(H,17,19)(H,15,16,18);1H,(H,2,3). The number of carbonyl (C=O) groups is 1. The van der Waals surface area contributed by atoms with Crippen molar-refractivity contribution in [1.29, 1.82) is 0 Å². The van der Waals surface area contributed by atoms with E-state index in [9.17, 15) is 0 Å². The van der Waals surface area contributed by atoms with Gasteiger partial charge in [0.1, 0.15) is 12.1 Å². The van der Waals surface area contributed by atoms with Crippen molar-refractivity contribution in [2.24, 2.45) is 0 Å². The van der Waals surface area contributed by atoms with E-state index in [-0.39, 0.29) is 6.47 Å². The van der Waals surface area contributed by atoms with Crippen LogP contribution in [0.25, 0.3) is 10.9 Å². The molecule has 9 heteroatoms. The Kier molecular flexibility index (Phi) is 5.89. The summed E-state index contributed by atoms with van der Waals surface area (Å²) in [4.78, 5) is 16.5. The van der Waals surface area contributed by atoms with Crippen molar-refractivity contribution in [1.82, 2.24) is 20.2 Å². The van der Waals surface area contributed by atoms with E-state index in [0.717, 1.165) is 16.6 Å². The molecule has 3 N–H and O–H groups in total. The Morgan fingerprint density at radius 3 is 2.83 bits per heavy atom. The van der Waals surface area contributed by atoms with E-state index in [1.807, 2.05) is 19.1 Å². The van der Waals surface area contributed by atoms with Gasteiger partial charge in [0, 0.05) is 11.5 Å². The fourth-order valence-electron chi connectivity index (χ4n) is 2.04. The maximum atomic E-state index is 8.36. The highest BCUT2D eigenvalue weighted by Crippen LogP contribution is 2.33. The van der Waals surface area contributed by atoms with Crippen LogP contribution in [0.1, 0.15) is 6.92 Å². The number of ether oxygens (including phenoxy) is 2. The van der Waals surface area contributed by atoms with Crippen LogP contribution in [-0.4, -0.2) is 45.5 Å². The predicted molar refractivity (Wildman–Crippen MR) is 87.8 cm³/mol. The number of fused-ring (bicyclic) bond motifs is 1. The summed E-state index contributed by atoms with van der Waals surface area (Å²) in [6.45, 7) is 2.20. The third-order valence-corrected chi connectivity index (χ3v) is 2.99. The lowest BCUT2D eigenvalue weighted by Crippen LogP contribution is -2.02. The van der Waals surface area contributed by atoms with Crippen LogP contribution in [0.4, 0.5) is 11.5 Å². The quantitative estimate of drug-likeness (QED) is 0.608. The lowest BCUT2D eigenvalue weighted by molar-refractivity contribution is -0.122. The summed E-state index contributed by atoms with van der Waals surface area (Å²) in [5.74, 6) is 1.87. The van der Waals surface area contributed by atoms with Crippen molar-refractivity contribution >= 4 is 28.9 Å². The molecule has 0 bridgehead atoms. The molecule has 2 heterocycles. The lowest BCUT2D eigenvalue weighted by atomic mass is 10.2. The average Bonchev–Trinajstić information content (AvgIpc) is 3.04. The summed E-state index contributed by atoms with van der Waals surface area (Å²) in [7, 11) is 1.62. The Labute approximate surface area is 137 Å².